The second kappa shape index (κ2) is 11.8. The van der Waals surface area contributed by atoms with Gasteiger partial charge >= 0.3 is 5.97 Å². The fourth-order valence-electron chi connectivity index (χ4n) is 3.24. The van der Waals surface area contributed by atoms with Crippen LogP contribution >= 0.6 is 11.8 Å². The largest absolute Gasteiger partial charge is 0.481 e. The molecule has 0 aromatic heterocycles. The third kappa shape index (κ3) is 9.50. The molecule has 1 saturated heterocycles. The highest BCUT2D eigenvalue weighted by molar-refractivity contribution is 8.00. The number of carboxylic acids is 1. The van der Waals surface area contributed by atoms with Crippen LogP contribution in [0.2, 0.25) is 0 Å². The minimum atomic E-state index is -0.739. The Labute approximate surface area is 156 Å². The van der Waals surface area contributed by atoms with Crippen molar-refractivity contribution in [1.82, 2.24) is 4.90 Å². The number of hydrogen-bond acceptors (Lipinski definition) is 4. The lowest BCUT2D eigenvalue weighted by Crippen LogP contribution is -2.35. The number of aliphatic carboxylic acids is 1. The molecule has 1 rings (SSSR count). The van der Waals surface area contributed by atoms with Crippen LogP contribution in [0, 0.1) is 0 Å². The van der Waals surface area contributed by atoms with Crippen LogP contribution in [-0.4, -0.2) is 50.3 Å². The molecule has 1 amide bonds. The Hall–Kier alpha value is -0.750. The van der Waals surface area contributed by atoms with Crippen molar-refractivity contribution >= 4 is 23.6 Å². The molecule has 0 bridgehead atoms. The first-order valence-corrected chi connectivity index (χ1v) is 10.8. The summed E-state index contributed by atoms with van der Waals surface area (Å²) in [6.45, 7) is 4.83. The molecule has 2 N–H and O–H groups in total. The smallest absolute Gasteiger partial charge is 0.303 e. The molecular formula is C19H35NO4S. The molecule has 0 aromatic rings. The van der Waals surface area contributed by atoms with Gasteiger partial charge in [-0.2, -0.15) is 0 Å². The summed E-state index contributed by atoms with van der Waals surface area (Å²) in [6, 6.07) is 0. The first kappa shape index (κ1) is 22.3. The second-order valence-corrected chi connectivity index (χ2v) is 8.57. The van der Waals surface area contributed by atoms with Crippen molar-refractivity contribution in [2.24, 2.45) is 0 Å². The fraction of sp³-hybridized carbons (Fsp3) is 0.895. The summed E-state index contributed by atoms with van der Waals surface area (Å²) < 4.78 is 0. The van der Waals surface area contributed by atoms with Crippen molar-refractivity contribution in [2.45, 2.75) is 95.5 Å². The zero-order valence-electron chi connectivity index (χ0n) is 15.8. The number of thioether (sulfide) groups is 1. The molecule has 2 atom stereocenters. The molecule has 0 aromatic carbocycles. The first-order chi connectivity index (χ1) is 11.9. The minimum Gasteiger partial charge on any atom is -0.481 e. The maximum atomic E-state index is 12.1. The molecule has 1 fully saturated rings. The predicted octanol–water partition coefficient (Wildman–Crippen LogP) is 4.03. The van der Waals surface area contributed by atoms with Gasteiger partial charge in [-0.05, 0) is 39.0 Å². The number of carbonyl (C=O) groups is 2. The van der Waals surface area contributed by atoms with Gasteiger partial charge in [0, 0.05) is 13.0 Å². The average molecular weight is 374 g/mol. The van der Waals surface area contributed by atoms with E-state index in [0.717, 1.165) is 64.3 Å². The van der Waals surface area contributed by atoms with E-state index in [1.807, 2.05) is 11.8 Å². The topological polar surface area (TPSA) is 77.8 Å². The zero-order valence-corrected chi connectivity index (χ0v) is 16.7. The number of hydrogen-bond donors (Lipinski definition) is 2. The molecule has 5 nitrogen and oxygen atoms in total. The number of aliphatic hydroxyl groups is 1. The maximum absolute atomic E-state index is 12.1. The van der Waals surface area contributed by atoms with E-state index in [-0.39, 0.29) is 17.7 Å². The van der Waals surface area contributed by atoms with Gasteiger partial charge in [0.05, 0.1) is 16.7 Å². The predicted molar refractivity (Wildman–Crippen MR) is 103 cm³/mol. The van der Waals surface area contributed by atoms with Crippen molar-refractivity contribution in [1.29, 1.82) is 0 Å². The van der Waals surface area contributed by atoms with Crippen LogP contribution in [0.3, 0.4) is 0 Å². The number of nitrogens with zero attached hydrogens (tertiary/aromatic N) is 1. The Morgan fingerprint density at radius 3 is 2.60 bits per heavy atom. The second-order valence-electron chi connectivity index (χ2n) is 7.40. The summed E-state index contributed by atoms with van der Waals surface area (Å²) in [5.41, 5.74) is -0.635. The van der Waals surface area contributed by atoms with E-state index in [2.05, 4.69) is 6.92 Å². The van der Waals surface area contributed by atoms with Crippen LogP contribution in [0.5, 0.6) is 0 Å². The van der Waals surface area contributed by atoms with E-state index in [1.54, 1.807) is 11.8 Å². The van der Waals surface area contributed by atoms with Crippen molar-refractivity contribution in [3.05, 3.63) is 0 Å². The average Bonchev–Trinajstić information content (AvgIpc) is 2.89. The highest BCUT2D eigenvalue weighted by atomic mass is 32.2. The van der Waals surface area contributed by atoms with Gasteiger partial charge in [0.25, 0.3) is 0 Å². The highest BCUT2D eigenvalue weighted by Crippen LogP contribution is 2.32. The standard InChI is InChI=1S/C19H35NO4S/c1-3-4-8-12-19(2,24)13-11-17-20(16(21)15-25-17)14-9-6-5-7-10-18(22)23/h17,24H,3-15H2,1-2H3,(H,22,23). The number of carboxylic acid groups (broad SMARTS) is 1. The monoisotopic (exact) mass is 373 g/mol. The number of rotatable bonds is 14. The van der Waals surface area contributed by atoms with Gasteiger partial charge in [0.2, 0.25) is 5.91 Å². The Balaban J connectivity index is 2.28. The van der Waals surface area contributed by atoms with Gasteiger partial charge in [-0.3, -0.25) is 9.59 Å². The number of unbranched alkanes of at least 4 members (excludes halogenated alkanes) is 5. The van der Waals surface area contributed by atoms with Crippen LogP contribution in [0.4, 0.5) is 0 Å². The molecule has 1 aliphatic heterocycles. The quantitative estimate of drug-likeness (QED) is 0.449. The van der Waals surface area contributed by atoms with E-state index in [9.17, 15) is 14.7 Å². The van der Waals surface area contributed by atoms with E-state index in [4.69, 9.17) is 5.11 Å². The van der Waals surface area contributed by atoms with Crippen LogP contribution in [0.15, 0.2) is 0 Å². The van der Waals surface area contributed by atoms with Crippen molar-refractivity contribution in [3.8, 4) is 0 Å². The molecule has 6 heteroatoms. The maximum Gasteiger partial charge on any atom is 0.303 e. The van der Waals surface area contributed by atoms with Crippen molar-refractivity contribution in [2.75, 3.05) is 12.3 Å². The summed E-state index contributed by atoms with van der Waals surface area (Å²) in [5, 5.41) is 19.3. The van der Waals surface area contributed by atoms with Gasteiger partial charge in [-0.15, -0.1) is 11.8 Å². The molecule has 2 unspecified atom stereocenters. The lowest BCUT2D eigenvalue weighted by atomic mass is 9.93. The summed E-state index contributed by atoms with van der Waals surface area (Å²) in [5.74, 6) is 0.00473. The van der Waals surface area contributed by atoms with E-state index < -0.39 is 11.6 Å². The molecule has 0 spiro atoms. The minimum absolute atomic E-state index is 0.184. The molecule has 0 radical (unpaired) electrons. The normalized spacial score (nSPS) is 20.0. The lowest BCUT2D eigenvalue weighted by molar-refractivity contribution is -0.137. The van der Waals surface area contributed by atoms with Gasteiger partial charge in [-0.1, -0.05) is 39.0 Å². The third-order valence-corrected chi connectivity index (χ3v) is 6.14. The summed E-state index contributed by atoms with van der Waals surface area (Å²) in [4.78, 5) is 24.5. The Morgan fingerprint density at radius 2 is 1.92 bits per heavy atom. The molecule has 25 heavy (non-hydrogen) atoms. The molecule has 0 aliphatic carbocycles. The van der Waals surface area contributed by atoms with E-state index >= 15 is 0 Å². The molecule has 146 valence electrons. The summed E-state index contributed by atoms with van der Waals surface area (Å²) in [6.07, 6.45) is 9.50. The summed E-state index contributed by atoms with van der Waals surface area (Å²) >= 11 is 1.69. The zero-order chi connectivity index (χ0) is 18.7. The number of amides is 1. The van der Waals surface area contributed by atoms with Crippen LogP contribution in [0.1, 0.15) is 84.5 Å². The Kier molecular flexibility index (Phi) is 10.5. The van der Waals surface area contributed by atoms with Crippen LogP contribution < -0.4 is 0 Å². The van der Waals surface area contributed by atoms with Gasteiger partial charge in [0.15, 0.2) is 0 Å². The lowest BCUT2D eigenvalue weighted by Gasteiger charge is -2.28. The van der Waals surface area contributed by atoms with E-state index in [0.29, 0.717) is 12.2 Å². The fourth-order valence-corrected chi connectivity index (χ4v) is 4.42. The molecule has 0 saturated carbocycles. The first-order valence-electron chi connectivity index (χ1n) is 9.71. The molecule has 1 aliphatic rings. The van der Waals surface area contributed by atoms with Crippen molar-refractivity contribution < 1.29 is 19.8 Å². The van der Waals surface area contributed by atoms with Gasteiger partial charge in [-0.25, -0.2) is 0 Å². The Bertz CT molecular complexity index is 414. The van der Waals surface area contributed by atoms with Crippen molar-refractivity contribution in [3.63, 3.8) is 0 Å². The van der Waals surface area contributed by atoms with Gasteiger partial charge < -0.3 is 15.1 Å². The highest BCUT2D eigenvalue weighted by Gasteiger charge is 2.32. The molecular weight excluding hydrogens is 338 g/mol. The van der Waals surface area contributed by atoms with Crippen LogP contribution in [-0.2, 0) is 9.59 Å². The van der Waals surface area contributed by atoms with Gasteiger partial charge in [0.1, 0.15) is 0 Å². The number of carbonyl (C=O) groups excluding carboxylic acids is 1. The summed E-state index contributed by atoms with van der Waals surface area (Å²) in [7, 11) is 0. The SMILES string of the molecule is CCCCCC(C)(O)CCC1SCC(=O)N1CCCCCCC(=O)O. The molecule has 1 heterocycles. The Morgan fingerprint density at radius 1 is 1.20 bits per heavy atom. The van der Waals surface area contributed by atoms with Crippen LogP contribution in [0.25, 0.3) is 0 Å². The third-order valence-electron chi connectivity index (χ3n) is 4.86. The van der Waals surface area contributed by atoms with E-state index in [1.165, 1.54) is 0 Å².